The molecule has 0 bridgehead atoms. The Kier molecular flexibility index (Phi) is 2.91. The third-order valence-corrected chi connectivity index (χ3v) is 7.81. The first kappa shape index (κ1) is 13.4. The van der Waals surface area contributed by atoms with Gasteiger partial charge in [0.1, 0.15) is 0 Å². The summed E-state index contributed by atoms with van der Waals surface area (Å²) in [7, 11) is 0. The van der Waals surface area contributed by atoms with Gasteiger partial charge in [-0.2, -0.15) is 0 Å². The maximum absolute atomic E-state index is 10.2. The van der Waals surface area contributed by atoms with Crippen LogP contribution in [0.3, 0.4) is 0 Å². The van der Waals surface area contributed by atoms with Crippen LogP contribution in [0.1, 0.15) is 71.6 Å². The average Bonchev–Trinajstić information content (AvgIpc) is 2.79. The van der Waals surface area contributed by atoms with Crippen LogP contribution in [-0.4, -0.2) is 11.2 Å². The molecular weight excluding hydrogens is 244 g/mol. The third kappa shape index (κ3) is 1.71. The monoisotopic (exact) mass is 274 g/mol. The summed E-state index contributed by atoms with van der Waals surface area (Å²) in [5, 5.41) is 10.2. The molecule has 0 heterocycles. The number of fused-ring (bicyclic) bond motifs is 5. The van der Waals surface area contributed by atoms with Crippen LogP contribution in [0, 0.1) is 28.6 Å². The summed E-state index contributed by atoms with van der Waals surface area (Å²) in [5.41, 5.74) is 2.68. The fraction of sp³-hybridized carbons (Fsp3) is 0.895. The maximum atomic E-state index is 10.2. The van der Waals surface area contributed by atoms with Gasteiger partial charge in [0.2, 0.25) is 0 Å². The Morgan fingerprint density at radius 2 is 1.95 bits per heavy atom. The van der Waals surface area contributed by atoms with Crippen LogP contribution in [0.15, 0.2) is 11.6 Å². The van der Waals surface area contributed by atoms with Gasteiger partial charge in [0.05, 0.1) is 6.10 Å². The molecule has 112 valence electrons. The summed E-state index contributed by atoms with van der Waals surface area (Å²) in [6, 6.07) is 0. The number of hydrogen-bond acceptors (Lipinski definition) is 1. The molecular formula is C19H30O. The Bertz CT molecular complexity index is 439. The van der Waals surface area contributed by atoms with Crippen LogP contribution in [0.4, 0.5) is 0 Å². The lowest BCUT2D eigenvalue weighted by atomic mass is 9.47. The van der Waals surface area contributed by atoms with Gasteiger partial charge in [0, 0.05) is 0 Å². The highest BCUT2D eigenvalue weighted by molar-refractivity contribution is 5.24. The van der Waals surface area contributed by atoms with Gasteiger partial charge in [0.25, 0.3) is 0 Å². The van der Waals surface area contributed by atoms with E-state index in [1.54, 1.807) is 5.57 Å². The first-order valence-electron chi connectivity index (χ1n) is 8.90. The quantitative estimate of drug-likeness (QED) is 0.635. The van der Waals surface area contributed by atoms with Crippen molar-refractivity contribution in [1.82, 2.24) is 0 Å². The van der Waals surface area contributed by atoms with Crippen molar-refractivity contribution in [2.24, 2.45) is 28.6 Å². The normalized spacial score (nSPS) is 54.6. The van der Waals surface area contributed by atoms with E-state index in [1.165, 1.54) is 44.9 Å². The molecule has 20 heavy (non-hydrogen) atoms. The largest absolute Gasteiger partial charge is 0.393 e. The molecule has 0 aromatic heterocycles. The summed E-state index contributed by atoms with van der Waals surface area (Å²) >= 11 is 0. The molecule has 0 aliphatic heterocycles. The number of allylic oxidation sites excluding steroid dienone is 1. The van der Waals surface area contributed by atoms with Gasteiger partial charge >= 0.3 is 0 Å². The molecule has 1 heteroatoms. The van der Waals surface area contributed by atoms with Crippen LogP contribution in [0.25, 0.3) is 0 Å². The van der Waals surface area contributed by atoms with Crippen molar-refractivity contribution in [3.63, 3.8) is 0 Å². The fourth-order valence-electron chi connectivity index (χ4n) is 6.79. The molecule has 3 saturated carbocycles. The Balaban J connectivity index is 1.68. The molecule has 6 atom stereocenters. The van der Waals surface area contributed by atoms with Gasteiger partial charge in [-0.3, -0.25) is 0 Å². The minimum atomic E-state index is -0.0839. The van der Waals surface area contributed by atoms with E-state index in [-0.39, 0.29) is 6.10 Å². The number of rotatable bonds is 0. The molecule has 4 aliphatic carbocycles. The van der Waals surface area contributed by atoms with Crippen LogP contribution in [0.5, 0.6) is 0 Å². The van der Waals surface area contributed by atoms with E-state index >= 15 is 0 Å². The van der Waals surface area contributed by atoms with Crippen molar-refractivity contribution in [2.75, 3.05) is 0 Å². The van der Waals surface area contributed by atoms with E-state index in [1.807, 2.05) is 0 Å². The summed E-state index contributed by atoms with van der Waals surface area (Å²) < 4.78 is 0. The lowest BCUT2D eigenvalue weighted by Gasteiger charge is -2.58. The Labute approximate surface area is 123 Å². The van der Waals surface area contributed by atoms with E-state index in [0.29, 0.717) is 10.8 Å². The molecule has 0 spiro atoms. The summed E-state index contributed by atoms with van der Waals surface area (Å²) in [4.78, 5) is 0. The minimum absolute atomic E-state index is 0.0839. The summed E-state index contributed by atoms with van der Waals surface area (Å²) in [5.74, 6) is 2.79. The summed E-state index contributed by atoms with van der Waals surface area (Å²) in [6.07, 6.45) is 14.3. The lowest BCUT2D eigenvalue weighted by molar-refractivity contribution is -0.0512. The van der Waals surface area contributed by atoms with Gasteiger partial charge in [-0.25, -0.2) is 0 Å². The number of aliphatic hydroxyl groups excluding tert-OH is 1. The number of aliphatic hydroxyl groups is 1. The molecule has 4 aliphatic rings. The first-order valence-corrected chi connectivity index (χ1v) is 8.90. The second kappa shape index (κ2) is 4.35. The molecule has 1 nitrogen and oxygen atoms in total. The Morgan fingerprint density at radius 3 is 2.80 bits per heavy atom. The van der Waals surface area contributed by atoms with E-state index in [0.717, 1.165) is 30.6 Å². The average molecular weight is 274 g/mol. The van der Waals surface area contributed by atoms with E-state index < -0.39 is 0 Å². The molecule has 0 saturated heterocycles. The Hall–Kier alpha value is -0.300. The van der Waals surface area contributed by atoms with Gasteiger partial charge in [-0.15, -0.1) is 0 Å². The first-order chi connectivity index (χ1) is 9.53. The number of hydrogen-bond donors (Lipinski definition) is 1. The third-order valence-electron chi connectivity index (χ3n) is 7.81. The summed E-state index contributed by atoms with van der Waals surface area (Å²) in [6.45, 7) is 5.06. The second-order valence-corrected chi connectivity index (χ2v) is 8.74. The van der Waals surface area contributed by atoms with E-state index in [9.17, 15) is 5.11 Å². The smallest absolute Gasteiger partial charge is 0.0583 e. The van der Waals surface area contributed by atoms with E-state index in [4.69, 9.17) is 0 Å². The van der Waals surface area contributed by atoms with Crippen molar-refractivity contribution in [2.45, 2.75) is 77.7 Å². The van der Waals surface area contributed by atoms with Crippen LogP contribution in [-0.2, 0) is 0 Å². The molecule has 4 rings (SSSR count). The topological polar surface area (TPSA) is 20.2 Å². The lowest BCUT2D eigenvalue weighted by Crippen LogP contribution is -2.50. The van der Waals surface area contributed by atoms with Gasteiger partial charge < -0.3 is 5.11 Å². The fourth-order valence-corrected chi connectivity index (χ4v) is 6.79. The zero-order valence-electron chi connectivity index (χ0n) is 13.2. The van der Waals surface area contributed by atoms with Crippen molar-refractivity contribution in [1.29, 1.82) is 0 Å². The van der Waals surface area contributed by atoms with Crippen molar-refractivity contribution in [3.05, 3.63) is 11.6 Å². The molecule has 0 aromatic rings. The minimum Gasteiger partial charge on any atom is -0.393 e. The van der Waals surface area contributed by atoms with Gasteiger partial charge in [-0.05, 0) is 80.0 Å². The highest BCUT2D eigenvalue weighted by Gasteiger charge is 2.56. The van der Waals surface area contributed by atoms with Crippen molar-refractivity contribution < 1.29 is 5.11 Å². The van der Waals surface area contributed by atoms with Crippen LogP contribution in [0.2, 0.25) is 0 Å². The Morgan fingerprint density at radius 1 is 1.10 bits per heavy atom. The zero-order chi connectivity index (χ0) is 14.0. The predicted molar refractivity (Wildman–Crippen MR) is 82.3 cm³/mol. The predicted octanol–water partition coefficient (Wildman–Crippen LogP) is 4.70. The van der Waals surface area contributed by atoms with Crippen LogP contribution >= 0.6 is 0 Å². The molecule has 0 aromatic carbocycles. The standard InChI is InChI=1S/C19H30O/c1-18-10-3-4-16(18)15-8-6-13-5-7-14(20)12-19(13,2)17(15)9-11-18/h5,14-17,20H,3-4,6-12H2,1-2H3/t14?,15-,16-,17+,18-,19-/m0/s1. The molecule has 0 amide bonds. The van der Waals surface area contributed by atoms with Gasteiger partial charge in [-0.1, -0.05) is 31.9 Å². The van der Waals surface area contributed by atoms with E-state index in [2.05, 4.69) is 19.9 Å². The maximum Gasteiger partial charge on any atom is 0.0583 e. The second-order valence-electron chi connectivity index (χ2n) is 8.74. The van der Waals surface area contributed by atoms with Crippen molar-refractivity contribution >= 4 is 0 Å². The SMILES string of the molecule is C[C@@]12CCC[C@H]1[C@@H]1CCC3=CCC(O)C[C@]3(C)[C@@H]1CC2. The highest BCUT2D eigenvalue weighted by atomic mass is 16.3. The molecule has 3 fully saturated rings. The highest BCUT2D eigenvalue weighted by Crippen LogP contribution is 2.65. The van der Waals surface area contributed by atoms with Gasteiger partial charge in [0.15, 0.2) is 0 Å². The molecule has 1 N–H and O–H groups in total. The molecule has 1 unspecified atom stereocenters. The molecule has 0 radical (unpaired) electrons. The zero-order valence-corrected chi connectivity index (χ0v) is 13.2. The van der Waals surface area contributed by atoms with Crippen molar-refractivity contribution in [3.8, 4) is 0 Å². The van der Waals surface area contributed by atoms with Crippen LogP contribution < -0.4 is 0 Å².